The van der Waals surface area contributed by atoms with E-state index in [-0.39, 0.29) is 16.1 Å². The monoisotopic (exact) mass is 293 g/mol. The Morgan fingerprint density at radius 2 is 2.00 bits per heavy atom. The lowest BCUT2D eigenvalue weighted by atomic mass is 10.1. The molecule has 1 aromatic carbocycles. The van der Waals surface area contributed by atoms with E-state index in [1.807, 2.05) is 0 Å². The van der Waals surface area contributed by atoms with E-state index in [1.54, 1.807) is 24.6 Å². The summed E-state index contributed by atoms with van der Waals surface area (Å²) in [7, 11) is 1.70. The van der Waals surface area contributed by atoms with Crippen LogP contribution in [0.4, 0.5) is 5.69 Å². The van der Waals surface area contributed by atoms with Crippen molar-refractivity contribution in [2.45, 2.75) is 6.92 Å². The van der Waals surface area contributed by atoms with E-state index in [1.165, 1.54) is 30.8 Å². The highest BCUT2D eigenvalue weighted by Gasteiger charge is 2.45. The number of nitrogens with zero attached hydrogens (tertiary/aromatic N) is 3. The third-order valence-electron chi connectivity index (χ3n) is 3.25. The lowest BCUT2D eigenvalue weighted by Crippen LogP contribution is -2.47. The summed E-state index contributed by atoms with van der Waals surface area (Å²) in [6, 6.07) is 6.04. The molecule has 2 rings (SSSR count). The Kier molecular flexibility index (Phi) is 3.60. The number of carbonyl (C=O) groups excluding carboxylic acids is 1. The number of nitrogens with two attached hydrogens (primary N) is 1. The summed E-state index contributed by atoms with van der Waals surface area (Å²) in [5.74, 6) is 5.19. The van der Waals surface area contributed by atoms with Gasteiger partial charge in [-0.1, -0.05) is 0 Å². The zero-order valence-corrected chi connectivity index (χ0v) is 11.8. The van der Waals surface area contributed by atoms with Crippen molar-refractivity contribution in [2.24, 2.45) is 10.9 Å². The van der Waals surface area contributed by atoms with Gasteiger partial charge in [-0.2, -0.15) is 4.48 Å². The lowest BCUT2D eigenvalue weighted by Gasteiger charge is -2.26. The number of thioether (sulfide) groups is 1. The molecule has 0 saturated carbocycles. The van der Waals surface area contributed by atoms with Crippen LogP contribution in [0.1, 0.15) is 12.5 Å². The maximum Gasteiger partial charge on any atom is 0.322 e. The molecule has 0 spiro atoms. The van der Waals surface area contributed by atoms with E-state index in [9.17, 15) is 14.9 Å². The summed E-state index contributed by atoms with van der Waals surface area (Å²) in [5, 5.41) is 16.6. The molecule has 1 unspecified atom stereocenters. The van der Waals surface area contributed by atoms with Gasteiger partial charge < -0.3 is 5.84 Å². The minimum Gasteiger partial charge on any atom is -0.317 e. The molecule has 1 aliphatic rings. The number of non-ortho nitro benzene ring substituents is 1. The summed E-state index contributed by atoms with van der Waals surface area (Å²) in [4.78, 5) is 22.2. The van der Waals surface area contributed by atoms with Crippen LogP contribution in [0.25, 0.3) is 5.70 Å². The second-order valence-corrected chi connectivity index (χ2v) is 5.20. The summed E-state index contributed by atoms with van der Waals surface area (Å²) in [6.07, 6.45) is 0. The summed E-state index contributed by atoms with van der Waals surface area (Å²) in [5.41, 5.74) is 1.42. The Hall–Kier alpha value is -2.19. The number of nitro benzene ring substituents is 1. The minimum atomic E-state index is -0.465. The van der Waals surface area contributed by atoms with Crippen LogP contribution in [0.2, 0.25) is 0 Å². The summed E-state index contributed by atoms with van der Waals surface area (Å²) in [6.45, 7) is 1.45. The van der Waals surface area contributed by atoms with Crippen molar-refractivity contribution in [2.75, 3.05) is 7.05 Å². The smallest absolute Gasteiger partial charge is 0.317 e. The van der Waals surface area contributed by atoms with Crippen molar-refractivity contribution in [1.82, 2.24) is 0 Å². The first kappa shape index (κ1) is 14.2. The van der Waals surface area contributed by atoms with Crippen molar-refractivity contribution < 1.29 is 14.2 Å². The maximum absolute atomic E-state index is 12.0. The first-order chi connectivity index (χ1) is 9.41. The molecule has 1 atom stereocenters. The van der Waals surface area contributed by atoms with Gasteiger partial charge >= 0.3 is 5.91 Å². The van der Waals surface area contributed by atoms with Crippen molar-refractivity contribution in [3.8, 4) is 0 Å². The summed E-state index contributed by atoms with van der Waals surface area (Å²) < 4.78 is -0.140. The van der Waals surface area contributed by atoms with Crippen LogP contribution in [-0.4, -0.2) is 27.5 Å². The van der Waals surface area contributed by atoms with Crippen molar-refractivity contribution >= 4 is 34.2 Å². The van der Waals surface area contributed by atoms with Crippen LogP contribution in [-0.2, 0) is 4.79 Å². The van der Waals surface area contributed by atoms with Gasteiger partial charge in [-0.05, 0) is 23.9 Å². The molecule has 1 heterocycles. The minimum absolute atomic E-state index is 0.00439. The molecule has 1 aromatic rings. The average molecular weight is 293 g/mol. The third-order valence-corrected chi connectivity index (χ3v) is 4.28. The van der Waals surface area contributed by atoms with Gasteiger partial charge in [0.25, 0.3) is 10.9 Å². The van der Waals surface area contributed by atoms with E-state index in [4.69, 9.17) is 5.84 Å². The molecule has 1 aliphatic heterocycles. The van der Waals surface area contributed by atoms with E-state index in [0.29, 0.717) is 10.9 Å². The standard InChI is InChI=1S/C12H13N4O3S/c1-8(17)16(2)11(7-20-12(16)14-13)9-3-5-10(6-4-9)15(18)19/h3-7H,13H2,1-2H3/q+1. The number of benzene rings is 1. The predicted octanol–water partition coefficient (Wildman–Crippen LogP) is 1.86. The number of hydrogen-bond donors (Lipinski definition) is 1. The Morgan fingerprint density at radius 3 is 2.45 bits per heavy atom. The first-order valence-corrected chi connectivity index (χ1v) is 6.57. The molecule has 8 heteroatoms. The molecular weight excluding hydrogens is 280 g/mol. The molecule has 0 radical (unpaired) electrons. The average Bonchev–Trinajstić information content (AvgIpc) is 2.77. The van der Waals surface area contributed by atoms with Crippen molar-refractivity contribution in [3.05, 3.63) is 45.4 Å². The van der Waals surface area contributed by atoms with Crippen LogP contribution < -0.4 is 5.84 Å². The zero-order chi connectivity index (χ0) is 14.9. The zero-order valence-electron chi connectivity index (χ0n) is 10.9. The molecule has 7 nitrogen and oxygen atoms in total. The van der Waals surface area contributed by atoms with Crippen LogP contribution in [0.5, 0.6) is 0 Å². The number of nitro groups is 1. The Morgan fingerprint density at radius 1 is 1.40 bits per heavy atom. The van der Waals surface area contributed by atoms with Gasteiger partial charge in [0.1, 0.15) is 0 Å². The molecule has 0 saturated heterocycles. The Labute approximate surface area is 119 Å². The normalized spacial score (nSPS) is 23.7. The Balaban J connectivity index is 2.47. The number of rotatable bonds is 2. The lowest BCUT2D eigenvalue weighted by molar-refractivity contribution is -0.654. The maximum atomic E-state index is 12.0. The fourth-order valence-electron chi connectivity index (χ4n) is 1.95. The topological polar surface area (TPSA) is 98.6 Å². The molecular formula is C12H13N4O3S+. The Bertz CT molecular complexity index is 639. The molecule has 1 amide bonds. The molecule has 0 aliphatic carbocycles. The van der Waals surface area contributed by atoms with Gasteiger partial charge in [0, 0.05) is 23.1 Å². The highest BCUT2D eigenvalue weighted by Crippen LogP contribution is 2.39. The van der Waals surface area contributed by atoms with Gasteiger partial charge in [0.05, 0.1) is 18.9 Å². The van der Waals surface area contributed by atoms with E-state index >= 15 is 0 Å². The third kappa shape index (κ3) is 2.08. The van der Waals surface area contributed by atoms with Crippen LogP contribution >= 0.6 is 11.8 Å². The fraction of sp³-hybridized carbons (Fsp3) is 0.167. The van der Waals surface area contributed by atoms with Crippen molar-refractivity contribution in [1.29, 1.82) is 0 Å². The van der Waals surface area contributed by atoms with Gasteiger partial charge in [-0.3, -0.25) is 10.1 Å². The van der Waals surface area contributed by atoms with E-state index in [0.717, 1.165) is 5.56 Å². The fourth-order valence-corrected chi connectivity index (χ4v) is 3.02. The van der Waals surface area contributed by atoms with Crippen LogP contribution in [0, 0.1) is 10.1 Å². The number of amides is 1. The van der Waals surface area contributed by atoms with Gasteiger partial charge in [-0.25, -0.2) is 4.79 Å². The second kappa shape index (κ2) is 5.06. The van der Waals surface area contributed by atoms with Gasteiger partial charge in [0.15, 0.2) is 5.70 Å². The number of amidine groups is 1. The molecule has 104 valence electrons. The largest absolute Gasteiger partial charge is 0.322 e. The highest BCUT2D eigenvalue weighted by atomic mass is 32.2. The van der Waals surface area contributed by atoms with E-state index in [2.05, 4.69) is 5.10 Å². The van der Waals surface area contributed by atoms with Gasteiger partial charge in [-0.15, -0.1) is 5.10 Å². The number of carbonyl (C=O) groups is 1. The molecule has 2 N–H and O–H groups in total. The quantitative estimate of drug-likeness (QED) is 0.388. The molecule has 20 heavy (non-hydrogen) atoms. The molecule has 0 bridgehead atoms. The SMILES string of the molecule is CC(=O)[N+]1(C)C(c2ccc([N+](=O)[O-])cc2)=CSC1=NN. The number of hydrazone groups is 1. The number of quaternary nitrogens is 1. The van der Waals surface area contributed by atoms with Crippen LogP contribution in [0.15, 0.2) is 34.8 Å². The number of hydrogen-bond acceptors (Lipinski definition) is 6. The highest BCUT2D eigenvalue weighted by molar-refractivity contribution is 8.16. The van der Waals surface area contributed by atoms with Crippen molar-refractivity contribution in [3.63, 3.8) is 0 Å². The van der Waals surface area contributed by atoms with Gasteiger partial charge in [0.2, 0.25) is 0 Å². The summed E-state index contributed by atoms with van der Waals surface area (Å²) >= 11 is 1.27. The molecule has 0 fully saturated rings. The molecule has 0 aromatic heterocycles. The first-order valence-electron chi connectivity index (χ1n) is 5.69. The van der Waals surface area contributed by atoms with E-state index < -0.39 is 4.92 Å². The second-order valence-electron chi connectivity index (χ2n) is 4.36. The predicted molar refractivity (Wildman–Crippen MR) is 77.2 cm³/mol. The van der Waals surface area contributed by atoms with Crippen LogP contribution in [0.3, 0.4) is 0 Å².